The molecule has 0 saturated heterocycles. The highest BCUT2D eigenvalue weighted by atomic mass is 14.7. The largest absolute Gasteiger partial charge is 0.253 e. The van der Waals surface area contributed by atoms with Crippen LogP contribution < -0.4 is 0 Å². The van der Waals surface area contributed by atoms with Crippen molar-refractivity contribution >= 4 is 10.9 Å². The zero-order valence-electron chi connectivity index (χ0n) is 9.03. The lowest BCUT2D eigenvalue weighted by Crippen LogP contribution is -1.91. The molecule has 1 aromatic heterocycles. The number of allylic oxidation sites excluding steroid dienone is 1. The fourth-order valence-electron chi connectivity index (χ4n) is 1.86. The van der Waals surface area contributed by atoms with E-state index in [0.29, 0.717) is 0 Å². The maximum absolute atomic E-state index is 4.52. The van der Waals surface area contributed by atoms with Gasteiger partial charge in [-0.2, -0.15) is 0 Å². The summed E-state index contributed by atoms with van der Waals surface area (Å²) in [6.45, 7) is 5.81. The molecule has 76 valence electrons. The van der Waals surface area contributed by atoms with Gasteiger partial charge < -0.3 is 0 Å². The third-order valence-corrected chi connectivity index (χ3v) is 2.55. The van der Waals surface area contributed by atoms with E-state index in [4.69, 9.17) is 0 Å². The molecule has 1 heterocycles. The molecule has 15 heavy (non-hydrogen) atoms. The third kappa shape index (κ3) is 2.07. The SMILES string of the molecule is C=CCCc1cc(C)nc2ccccc12. The Bertz CT molecular complexity index is 486. The molecular weight excluding hydrogens is 182 g/mol. The second-order valence-corrected chi connectivity index (χ2v) is 3.77. The predicted molar refractivity (Wildman–Crippen MR) is 65.0 cm³/mol. The second kappa shape index (κ2) is 4.26. The van der Waals surface area contributed by atoms with Crippen LogP contribution in [0.4, 0.5) is 0 Å². The van der Waals surface area contributed by atoms with E-state index in [2.05, 4.69) is 35.8 Å². The maximum Gasteiger partial charge on any atom is 0.0707 e. The number of pyridine rings is 1. The molecule has 0 saturated carbocycles. The van der Waals surface area contributed by atoms with E-state index in [0.717, 1.165) is 24.1 Å². The van der Waals surface area contributed by atoms with Gasteiger partial charge >= 0.3 is 0 Å². The molecule has 0 aliphatic heterocycles. The average Bonchev–Trinajstić information content (AvgIpc) is 2.25. The van der Waals surface area contributed by atoms with Crippen LogP contribution in [-0.4, -0.2) is 4.98 Å². The number of hydrogen-bond donors (Lipinski definition) is 0. The van der Waals surface area contributed by atoms with Gasteiger partial charge in [-0.05, 0) is 37.5 Å². The van der Waals surface area contributed by atoms with Crippen molar-refractivity contribution in [3.05, 3.63) is 54.2 Å². The Hall–Kier alpha value is -1.63. The molecule has 2 aromatic rings. The molecule has 0 radical (unpaired) electrons. The minimum atomic E-state index is 1.02. The van der Waals surface area contributed by atoms with Crippen LogP contribution in [0.2, 0.25) is 0 Å². The molecule has 0 amide bonds. The number of nitrogens with zero attached hydrogens (tertiary/aromatic N) is 1. The zero-order chi connectivity index (χ0) is 10.7. The summed E-state index contributed by atoms with van der Waals surface area (Å²) < 4.78 is 0. The van der Waals surface area contributed by atoms with E-state index >= 15 is 0 Å². The van der Waals surface area contributed by atoms with Crippen molar-refractivity contribution in [1.82, 2.24) is 4.98 Å². The van der Waals surface area contributed by atoms with Crippen LogP contribution in [0.1, 0.15) is 17.7 Å². The van der Waals surface area contributed by atoms with Crippen molar-refractivity contribution in [3.8, 4) is 0 Å². The molecule has 0 aliphatic rings. The van der Waals surface area contributed by atoms with E-state index in [-0.39, 0.29) is 0 Å². The molecule has 0 atom stereocenters. The van der Waals surface area contributed by atoms with Crippen LogP contribution in [0.25, 0.3) is 10.9 Å². The third-order valence-electron chi connectivity index (χ3n) is 2.55. The highest BCUT2D eigenvalue weighted by Crippen LogP contribution is 2.19. The highest BCUT2D eigenvalue weighted by molar-refractivity contribution is 5.82. The van der Waals surface area contributed by atoms with Crippen LogP contribution in [0, 0.1) is 6.92 Å². The van der Waals surface area contributed by atoms with Crippen molar-refractivity contribution < 1.29 is 0 Å². The smallest absolute Gasteiger partial charge is 0.0707 e. The van der Waals surface area contributed by atoms with Gasteiger partial charge in [0, 0.05) is 11.1 Å². The first-order chi connectivity index (χ1) is 7.31. The van der Waals surface area contributed by atoms with E-state index in [1.54, 1.807) is 0 Å². The normalized spacial score (nSPS) is 10.5. The molecule has 0 spiro atoms. The van der Waals surface area contributed by atoms with Crippen LogP contribution >= 0.6 is 0 Å². The van der Waals surface area contributed by atoms with Crippen molar-refractivity contribution in [3.63, 3.8) is 0 Å². The molecule has 0 fully saturated rings. The number of para-hydroxylation sites is 1. The Morgan fingerprint density at radius 3 is 2.93 bits per heavy atom. The van der Waals surface area contributed by atoms with E-state index in [9.17, 15) is 0 Å². The minimum absolute atomic E-state index is 1.02. The van der Waals surface area contributed by atoms with E-state index < -0.39 is 0 Å². The Morgan fingerprint density at radius 2 is 2.13 bits per heavy atom. The maximum atomic E-state index is 4.52. The van der Waals surface area contributed by atoms with Crippen molar-refractivity contribution in [2.24, 2.45) is 0 Å². The lowest BCUT2D eigenvalue weighted by molar-refractivity contribution is 1.01. The fraction of sp³-hybridized carbons (Fsp3) is 0.214. The monoisotopic (exact) mass is 197 g/mol. The molecule has 1 heteroatoms. The molecule has 0 bridgehead atoms. The molecular formula is C14H15N. The quantitative estimate of drug-likeness (QED) is 0.684. The number of aromatic nitrogens is 1. The van der Waals surface area contributed by atoms with Crippen LogP contribution in [0.5, 0.6) is 0 Å². The lowest BCUT2D eigenvalue weighted by Gasteiger charge is -2.06. The Kier molecular flexibility index (Phi) is 2.82. The van der Waals surface area contributed by atoms with Gasteiger partial charge in [0.2, 0.25) is 0 Å². The summed E-state index contributed by atoms with van der Waals surface area (Å²) in [6.07, 6.45) is 4.03. The van der Waals surface area contributed by atoms with Crippen molar-refractivity contribution in [2.75, 3.05) is 0 Å². The molecule has 1 nitrogen and oxygen atoms in total. The van der Waals surface area contributed by atoms with Gasteiger partial charge in [0.15, 0.2) is 0 Å². The summed E-state index contributed by atoms with van der Waals surface area (Å²) >= 11 is 0. The standard InChI is InChI=1S/C14H15N/c1-3-4-7-12-10-11(2)15-14-9-6-5-8-13(12)14/h3,5-6,8-10H,1,4,7H2,2H3. The van der Waals surface area contributed by atoms with Gasteiger partial charge in [0.05, 0.1) is 5.52 Å². The zero-order valence-corrected chi connectivity index (χ0v) is 9.03. The molecule has 1 aromatic carbocycles. The number of aryl methyl sites for hydroxylation is 2. The molecule has 0 unspecified atom stereocenters. The first-order valence-electron chi connectivity index (χ1n) is 5.27. The summed E-state index contributed by atoms with van der Waals surface area (Å²) in [7, 11) is 0. The predicted octanol–water partition coefficient (Wildman–Crippen LogP) is 3.66. The fourth-order valence-corrected chi connectivity index (χ4v) is 1.86. The molecule has 0 N–H and O–H groups in total. The Labute approximate surface area is 90.5 Å². The topological polar surface area (TPSA) is 12.9 Å². The van der Waals surface area contributed by atoms with Crippen LogP contribution in [0.15, 0.2) is 43.0 Å². The van der Waals surface area contributed by atoms with Crippen molar-refractivity contribution in [1.29, 1.82) is 0 Å². The van der Waals surface area contributed by atoms with Gasteiger partial charge in [-0.25, -0.2) is 0 Å². The summed E-state index contributed by atoms with van der Waals surface area (Å²) in [5.41, 5.74) is 3.56. The number of rotatable bonds is 3. The number of fused-ring (bicyclic) bond motifs is 1. The molecule has 2 rings (SSSR count). The molecule has 0 aliphatic carbocycles. The summed E-state index contributed by atoms with van der Waals surface area (Å²) in [5.74, 6) is 0. The van der Waals surface area contributed by atoms with Crippen LogP contribution in [-0.2, 0) is 6.42 Å². The average molecular weight is 197 g/mol. The van der Waals surface area contributed by atoms with Crippen LogP contribution in [0.3, 0.4) is 0 Å². The van der Waals surface area contributed by atoms with Gasteiger partial charge in [0.25, 0.3) is 0 Å². The van der Waals surface area contributed by atoms with Gasteiger partial charge in [-0.1, -0.05) is 24.3 Å². The minimum Gasteiger partial charge on any atom is -0.253 e. The van der Waals surface area contributed by atoms with Gasteiger partial charge in [-0.15, -0.1) is 6.58 Å². The van der Waals surface area contributed by atoms with Gasteiger partial charge in [-0.3, -0.25) is 4.98 Å². The highest BCUT2D eigenvalue weighted by Gasteiger charge is 2.02. The first kappa shape index (κ1) is 9.91. The van der Waals surface area contributed by atoms with Crippen molar-refractivity contribution in [2.45, 2.75) is 19.8 Å². The lowest BCUT2D eigenvalue weighted by atomic mass is 10.0. The summed E-state index contributed by atoms with van der Waals surface area (Å²) in [5, 5.41) is 1.27. The van der Waals surface area contributed by atoms with Gasteiger partial charge in [0.1, 0.15) is 0 Å². The second-order valence-electron chi connectivity index (χ2n) is 3.77. The summed E-state index contributed by atoms with van der Waals surface area (Å²) in [4.78, 5) is 4.52. The summed E-state index contributed by atoms with van der Waals surface area (Å²) in [6, 6.07) is 10.5. The Morgan fingerprint density at radius 1 is 1.33 bits per heavy atom. The number of hydrogen-bond acceptors (Lipinski definition) is 1. The number of benzene rings is 1. The van der Waals surface area contributed by atoms with E-state index in [1.807, 2.05) is 19.1 Å². The van der Waals surface area contributed by atoms with E-state index in [1.165, 1.54) is 10.9 Å². The first-order valence-corrected chi connectivity index (χ1v) is 5.27. The Balaban J connectivity index is 2.55.